The van der Waals surface area contributed by atoms with Gasteiger partial charge in [0.15, 0.2) is 5.75 Å². The molecule has 0 aromatic heterocycles. The Hall–Kier alpha value is -2.29. The van der Waals surface area contributed by atoms with Gasteiger partial charge in [0.1, 0.15) is 12.2 Å². The molecule has 2 aromatic carbocycles. The third-order valence-electron chi connectivity index (χ3n) is 2.32. The summed E-state index contributed by atoms with van der Waals surface area (Å²) in [5.41, 5.74) is 0.965. The van der Waals surface area contributed by atoms with Crippen molar-refractivity contribution in [1.29, 1.82) is 0 Å². The highest BCUT2D eigenvalue weighted by molar-refractivity contribution is 5.92. The van der Waals surface area contributed by atoms with Gasteiger partial charge in [-0.05, 0) is 17.7 Å². The summed E-state index contributed by atoms with van der Waals surface area (Å²) in [6.45, 7) is 0.175. The molecule has 0 aliphatic rings. The molecule has 0 bridgehead atoms. The maximum atomic E-state index is 11.6. The van der Waals surface area contributed by atoms with Crippen LogP contribution in [0.2, 0.25) is 0 Å². The zero-order valence-corrected chi connectivity index (χ0v) is 9.13. The van der Waals surface area contributed by atoms with Crippen molar-refractivity contribution in [3.63, 3.8) is 0 Å². The predicted molar refractivity (Wildman–Crippen MR) is 62.1 cm³/mol. The van der Waals surface area contributed by atoms with Gasteiger partial charge < -0.3 is 4.74 Å². The van der Waals surface area contributed by atoms with Crippen LogP contribution in [0.25, 0.3) is 0 Å². The van der Waals surface area contributed by atoms with E-state index in [1.807, 2.05) is 30.3 Å². The summed E-state index contributed by atoms with van der Waals surface area (Å²) in [6, 6.07) is 15.4. The average molecular weight is 227 g/mol. The molecule has 0 spiro atoms. The number of ether oxygens (including phenoxy) is 1. The highest BCUT2D eigenvalue weighted by Crippen LogP contribution is 2.18. The Balaban J connectivity index is 2.01. The van der Waals surface area contributed by atoms with E-state index in [1.54, 1.807) is 12.1 Å². The largest absolute Gasteiger partial charge is 0.457 e. The molecule has 0 N–H and O–H groups in total. The Kier molecular flexibility index (Phi) is 3.40. The van der Waals surface area contributed by atoms with Gasteiger partial charge in [-0.1, -0.05) is 42.5 Å². The molecule has 2 aromatic rings. The zero-order chi connectivity index (χ0) is 12.1. The summed E-state index contributed by atoms with van der Waals surface area (Å²) < 4.78 is 5.06. The Morgan fingerprint density at radius 1 is 0.941 bits per heavy atom. The van der Waals surface area contributed by atoms with Crippen molar-refractivity contribution in [3.8, 4) is 5.75 Å². The molecule has 0 aliphatic heterocycles. The van der Waals surface area contributed by atoms with E-state index in [0.717, 1.165) is 5.56 Å². The quantitative estimate of drug-likeness (QED) is 0.756. The van der Waals surface area contributed by atoms with Crippen LogP contribution in [0.4, 0.5) is 0 Å². The van der Waals surface area contributed by atoms with Gasteiger partial charge in [-0.15, -0.1) is 0 Å². The first-order chi connectivity index (χ1) is 8.27. The first-order valence-electron chi connectivity index (χ1n) is 5.24. The third-order valence-corrected chi connectivity index (χ3v) is 2.32. The molecule has 1 radical (unpaired) electrons. The monoisotopic (exact) mass is 227 g/mol. The molecule has 0 saturated heterocycles. The number of benzene rings is 2. The van der Waals surface area contributed by atoms with Gasteiger partial charge in [0.2, 0.25) is 0 Å². The Morgan fingerprint density at radius 2 is 1.59 bits per heavy atom. The van der Waals surface area contributed by atoms with Crippen molar-refractivity contribution < 1.29 is 14.6 Å². The number of carbonyl (C=O) groups is 1. The fourth-order valence-electron chi connectivity index (χ4n) is 1.44. The van der Waals surface area contributed by atoms with E-state index in [0.29, 0.717) is 0 Å². The second-order valence-electron chi connectivity index (χ2n) is 3.56. The summed E-state index contributed by atoms with van der Waals surface area (Å²) in [6.07, 6.45) is 0. The molecule has 0 fully saturated rings. The third kappa shape index (κ3) is 2.84. The molecule has 0 amide bonds. The minimum atomic E-state index is -0.584. The molecule has 0 atom stereocenters. The first-order valence-corrected chi connectivity index (χ1v) is 5.24. The highest BCUT2D eigenvalue weighted by atomic mass is 16.5. The summed E-state index contributed by atoms with van der Waals surface area (Å²) in [7, 11) is 0. The van der Waals surface area contributed by atoms with Crippen LogP contribution in [0.5, 0.6) is 5.75 Å². The van der Waals surface area contributed by atoms with Gasteiger partial charge >= 0.3 is 5.97 Å². The van der Waals surface area contributed by atoms with E-state index in [2.05, 4.69) is 0 Å². The standard InChI is InChI=1S/C14H11O3/c15-13-9-5-4-8-12(13)14(16)17-10-11-6-2-1-3-7-11/h1-9H,10H2. The molecular weight excluding hydrogens is 216 g/mol. The second kappa shape index (κ2) is 5.16. The highest BCUT2D eigenvalue weighted by Gasteiger charge is 2.12. The van der Waals surface area contributed by atoms with Gasteiger partial charge in [-0.3, -0.25) is 5.11 Å². The van der Waals surface area contributed by atoms with Crippen molar-refractivity contribution in [2.75, 3.05) is 0 Å². The number of para-hydroxylation sites is 1. The van der Waals surface area contributed by atoms with E-state index in [1.165, 1.54) is 12.1 Å². The molecule has 0 aliphatic carbocycles. The Morgan fingerprint density at radius 3 is 2.29 bits per heavy atom. The summed E-state index contributed by atoms with van der Waals surface area (Å²) in [5.74, 6) is -0.898. The Labute approximate surface area is 99.3 Å². The first kappa shape index (κ1) is 11.2. The van der Waals surface area contributed by atoms with Crippen LogP contribution < -0.4 is 0 Å². The smallest absolute Gasteiger partial charge is 0.342 e. The van der Waals surface area contributed by atoms with Crippen LogP contribution in [0.1, 0.15) is 15.9 Å². The normalized spacial score (nSPS) is 9.88. The van der Waals surface area contributed by atoms with Gasteiger partial charge in [0, 0.05) is 0 Å². The fraction of sp³-hybridized carbons (Fsp3) is 0.0714. The minimum Gasteiger partial charge on any atom is -0.457 e. The van der Waals surface area contributed by atoms with Gasteiger partial charge in [0.25, 0.3) is 0 Å². The second-order valence-corrected chi connectivity index (χ2v) is 3.56. The van der Waals surface area contributed by atoms with Gasteiger partial charge in [0.05, 0.1) is 0 Å². The lowest BCUT2D eigenvalue weighted by Crippen LogP contribution is -2.05. The molecular formula is C14H11O3. The summed E-state index contributed by atoms with van der Waals surface area (Å²) in [4.78, 5) is 11.6. The van der Waals surface area contributed by atoms with Gasteiger partial charge in [-0.25, -0.2) is 4.79 Å². The molecule has 3 nitrogen and oxygen atoms in total. The molecule has 85 valence electrons. The number of carbonyl (C=O) groups excluding carboxylic acids is 1. The van der Waals surface area contributed by atoms with Crippen molar-refractivity contribution >= 4 is 5.97 Å². The summed E-state index contributed by atoms with van der Waals surface area (Å²) in [5, 5.41) is 11.4. The van der Waals surface area contributed by atoms with Crippen molar-refractivity contribution in [1.82, 2.24) is 0 Å². The number of hydrogen-bond acceptors (Lipinski definition) is 2. The minimum absolute atomic E-state index is 0.0726. The molecule has 0 saturated carbocycles. The SMILES string of the molecule is [O]c1ccccc1C(=O)OCc1ccccc1. The molecule has 0 unspecified atom stereocenters. The Bertz CT molecular complexity index is 506. The van der Waals surface area contributed by atoms with Gasteiger partial charge in [-0.2, -0.15) is 0 Å². The number of rotatable bonds is 3. The van der Waals surface area contributed by atoms with Crippen LogP contribution in [-0.4, -0.2) is 5.97 Å². The lowest BCUT2D eigenvalue weighted by Gasteiger charge is -2.04. The molecule has 3 heteroatoms. The van der Waals surface area contributed by atoms with Crippen molar-refractivity contribution in [2.24, 2.45) is 0 Å². The summed E-state index contributed by atoms with van der Waals surface area (Å²) >= 11 is 0. The molecule has 17 heavy (non-hydrogen) atoms. The van der Waals surface area contributed by atoms with Crippen LogP contribution in [0.15, 0.2) is 54.6 Å². The van der Waals surface area contributed by atoms with Crippen LogP contribution in [0, 0.1) is 0 Å². The van der Waals surface area contributed by atoms with E-state index in [4.69, 9.17) is 4.74 Å². The number of esters is 1. The predicted octanol–water partition coefficient (Wildman–Crippen LogP) is 3.19. The zero-order valence-electron chi connectivity index (χ0n) is 9.13. The lowest BCUT2D eigenvalue weighted by molar-refractivity contribution is 0.0467. The van der Waals surface area contributed by atoms with Crippen molar-refractivity contribution in [2.45, 2.75) is 6.61 Å². The van der Waals surface area contributed by atoms with E-state index in [9.17, 15) is 9.90 Å². The molecule has 2 rings (SSSR count). The lowest BCUT2D eigenvalue weighted by atomic mass is 10.2. The maximum Gasteiger partial charge on any atom is 0.342 e. The topological polar surface area (TPSA) is 46.2 Å². The van der Waals surface area contributed by atoms with Crippen molar-refractivity contribution in [3.05, 3.63) is 65.7 Å². The average Bonchev–Trinajstić information content (AvgIpc) is 2.38. The maximum absolute atomic E-state index is 11.6. The van der Waals surface area contributed by atoms with E-state index < -0.39 is 5.97 Å². The number of hydrogen-bond donors (Lipinski definition) is 0. The van der Waals surface area contributed by atoms with Crippen LogP contribution in [0.3, 0.4) is 0 Å². The van der Waals surface area contributed by atoms with E-state index >= 15 is 0 Å². The fourth-order valence-corrected chi connectivity index (χ4v) is 1.44. The van der Waals surface area contributed by atoms with Crippen LogP contribution >= 0.6 is 0 Å². The van der Waals surface area contributed by atoms with Crippen LogP contribution in [-0.2, 0) is 16.5 Å². The molecule has 0 heterocycles. The van der Waals surface area contributed by atoms with E-state index in [-0.39, 0.29) is 17.9 Å².